The molecule has 0 radical (unpaired) electrons. The maximum atomic E-state index is 13.1. The minimum Gasteiger partial charge on any atom is -0.467 e. The lowest BCUT2D eigenvalue weighted by Gasteiger charge is -2.24. The van der Waals surface area contributed by atoms with Gasteiger partial charge in [0.25, 0.3) is 0 Å². The lowest BCUT2D eigenvalue weighted by molar-refractivity contribution is -0.145. The molecule has 7 nitrogen and oxygen atoms in total. The predicted molar refractivity (Wildman–Crippen MR) is 128 cm³/mol. The van der Waals surface area contributed by atoms with Crippen molar-refractivity contribution in [3.63, 3.8) is 0 Å². The van der Waals surface area contributed by atoms with Gasteiger partial charge in [-0.25, -0.2) is 4.79 Å². The fourth-order valence-corrected chi connectivity index (χ4v) is 3.54. The summed E-state index contributed by atoms with van der Waals surface area (Å²) in [5, 5.41) is 5.54. The SMILES string of the molecule is COC(=O)C(Cc1ccccc1)NC(=O)C(CC(C)C)NC(=O)C(N)CCc1ccccc1. The van der Waals surface area contributed by atoms with Gasteiger partial charge in [-0.1, -0.05) is 74.5 Å². The zero-order valence-electron chi connectivity index (χ0n) is 19.6. The molecule has 0 heterocycles. The van der Waals surface area contributed by atoms with Crippen LogP contribution in [0.2, 0.25) is 0 Å². The van der Waals surface area contributed by atoms with Crippen LogP contribution in [0.25, 0.3) is 0 Å². The minimum atomic E-state index is -0.858. The molecule has 2 rings (SSSR count). The van der Waals surface area contributed by atoms with E-state index in [1.165, 1.54) is 7.11 Å². The Bertz CT molecular complexity index is 887. The van der Waals surface area contributed by atoms with Crippen LogP contribution < -0.4 is 16.4 Å². The fraction of sp³-hybridized carbons (Fsp3) is 0.423. The standard InChI is InChI=1S/C26H35N3O4/c1-18(2)16-22(28-24(30)21(27)15-14-19-10-6-4-7-11-19)25(31)29-23(26(32)33-3)17-20-12-8-5-9-13-20/h4-13,18,21-23H,14-17,27H2,1-3H3,(H,28,30)(H,29,31). The topological polar surface area (TPSA) is 111 Å². The summed E-state index contributed by atoms with van der Waals surface area (Å²) in [4.78, 5) is 38.1. The van der Waals surface area contributed by atoms with Gasteiger partial charge in [-0.15, -0.1) is 0 Å². The normalized spacial score (nSPS) is 13.6. The van der Waals surface area contributed by atoms with Gasteiger partial charge in [0.2, 0.25) is 11.8 Å². The van der Waals surface area contributed by atoms with Gasteiger partial charge < -0.3 is 21.1 Å². The molecular weight excluding hydrogens is 418 g/mol. The van der Waals surface area contributed by atoms with Crippen molar-refractivity contribution in [1.29, 1.82) is 0 Å². The van der Waals surface area contributed by atoms with Crippen molar-refractivity contribution in [3.05, 3.63) is 71.8 Å². The summed E-state index contributed by atoms with van der Waals surface area (Å²) >= 11 is 0. The molecule has 7 heteroatoms. The van der Waals surface area contributed by atoms with Crippen LogP contribution in [0.1, 0.15) is 37.8 Å². The van der Waals surface area contributed by atoms with E-state index in [1.807, 2.05) is 74.5 Å². The largest absolute Gasteiger partial charge is 0.467 e. The maximum Gasteiger partial charge on any atom is 0.328 e. The average molecular weight is 454 g/mol. The number of carbonyl (C=O) groups is 3. The Balaban J connectivity index is 2.02. The van der Waals surface area contributed by atoms with Gasteiger partial charge in [-0.3, -0.25) is 9.59 Å². The molecule has 0 bridgehead atoms. The highest BCUT2D eigenvalue weighted by Crippen LogP contribution is 2.10. The Labute approximate surface area is 196 Å². The van der Waals surface area contributed by atoms with Crippen molar-refractivity contribution < 1.29 is 19.1 Å². The van der Waals surface area contributed by atoms with Crippen LogP contribution in [-0.4, -0.2) is 43.0 Å². The Morgan fingerprint density at radius 2 is 1.39 bits per heavy atom. The Kier molecular flexibility index (Phi) is 10.6. The molecule has 0 saturated carbocycles. The molecule has 2 aromatic carbocycles. The Morgan fingerprint density at radius 1 is 0.848 bits per heavy atom. The van der Waals surface area contributed by atoms with E-state index < -0.39 is 30.0 Å². The second-order valence-corrected chi connectivity index (χ2v) is 8.60. The van der Waals surface area contributed by atoms with Crippen molar-refractivity contribution in [2.75, 3.05) is 7.11 Å². The third-order valence-electron chi connectivity index (χ3n) is 5.35. The fourth-order valence-electron chi connectivity index (χ4n) is 3.54. The number of hydrogen-bond acceptors (Lipinski definition) is 5. The highest BCUT2D eigenvalue weighted by atomic mass is 16.5. The van der Waals surface area contributed by atoms with Crippen molar-refractivity contribution in [1.82, 2.24) is 10.6 Å². The number of esters is 1. The first-order chi connectivity index (χ1) is 15.8. The highest BCUT2D eigenvalue weighted by molar-refractivity contribution is 5.92. The second kappa shape index (κ2) is 13.4. The highest BCUT2D eigenvalue weighted by Gasteiger charge is 2.29. The van der Waals surface area contributed by atoms with Crippen molar-refractivity contribution in [2.24, 2.45) is 11.7 Å². The molecule has 3 unspecified atom stereocenters. The molecule has 0 aliphatic heterocycles. The number of carbonyl (C=O) groups excluding carboxylic acids is 3. The summed E-state index contributed by atoms with van der Waals surface area (Å²) in [7, 11) is 1.28. The Hall–Kier alpha value is -3.19. The molecule has 0 spiro atoms. The second-order valence-electron chi connectivity index (χ2n) is 8.60. The van der Waals surface area contributed by atoms with E-state index in [9.17, 15) is 14.4 Å². The van der Waals surface area contributed by atoms with E-state index in [0.717, 1.165) is 11.1 Å². The maximum absolute atomic E-state index is 13.1. The first-order valence-corrected chi connectivity index (χ1v) is 11.3. The first-order valence-electron chi connectivity index (χ1n) is 11.3. The van der Waals surface area contributed by atoms with Gasteiger partial charge in [0.05, 0.1) is 13.2 Å². The predicted octanol–water partition coefficient (Wildman–Crippen LogP) is 2.38. The van der Waals surface area contributed by atoms with Crippen LogP contribution in [0.3, 0.4) is 0 Å². The molecule has 4 N–H and O–H groups in total. The Morgan fingerprint density at radius 3 is 1.94 bits per heavy atom. The van der Waals surface area contributed by atoms with Crippen LogP contribution in [0.4, 0.5) is 0 Å². The molecule has 0 saturated heterocycles. The smallest absolute Gasteiger partial charge is 0.328 e. The molecule has 2 aromatic rings. The quantitative estimate of drug-likeness (QED) is 0.428. The summed E-state index contributed by atoms with van der Waals surface area (Å²) in [5.74, 6) is -1.21. The lowest BCUT2D eigenvalue weighted by Crippen LogP contribution is -2.55. The summed E-state index contributed by atoms with van der Waals surface area (Å²) in [5.41, 5.74) is 8.09. The van der Waals surface area contributed by atoms with Crippen molar-refractivity contribution in [3.8, 4) is 0 Å². The van der Waals surface area contributed by atoms with Gasteiger partial charge in [0, 0.05) is 6.42 Å². The van der Waals surface area contributed by atoms with Gasteiger partial charge >= 0.3 is 5.97 Å². The summed E-state index contributed by atoms with van der Waals surface area (Å²) in [6.07, 6.45) is 1.84. The van der Waals surface area contributed by atoms with E-state index in [-0.39, 0.29) is 18.2 Å². The number of benzene rings is 2. The van der Waals surface area contributed by atoms with Crippen molar-refractivity contribution >= 4 is 17.8 Å². The number of methoxy groups -OCH3 is 1. The zero-order valence-corrected chi connectivity index (χ0v) is 19.6. The molecule has 0 aromatic heterocycles. The number of hydrogen-bond donors (Lipinski definition) is 3. The molecule has 0 fully saturated rings. The third-order valence-corrected chi connectivity index (χ3v) is 5.35. The molecule has 2 amide bonds. The third kappa shape index (κ3) is 9.06. The van der Waals surface area contributed by atoms with E-state index >= 15 is 0 Å². The van der Waals surface area contributed by atoms with Crippen molar-refractivity contribution in [2.45, 2.75) is 57.7 Å². The molecular formula is C26H35N3O4. The minimum absolute atomic E-state index is 0.146. The molecule has 0 aliphatic rings. The first kappa shape index (κ1) is 26.1. The number of nitrogens with one attached hydrogen (secondary N) is 2. The summed E-state index contributed by atoms with van der Waals surface area (Å²) < 4.78 is 4.88. The molecule has 33 heavy (non-hydrogen) atoms. The average Bonchev–Trinajstić information content (AvgIpc) is 2.82. The summed E-state index contributed by atoms with van der Waals surface area (Å²) in [6, 6.07) is 16.7. The van der Waals surface area contributed by atoms with Gasteiger partial charge in [-0.2, -0.15) is 0 Å². The zero-order chi connectivity index (χ0) is 24.2. The van der Waals surface area contributed by atoms with Gasteiger partial charge in [-0.05, 0) is 36.3 Å². The van der Waals surface area contributed by atoms with Gasteiger partial charge in [0.1, 0.15) is 12.1 Å². The number of amides is 2. The molecule has 0 aliphatic carbocycles. The van der Waals surface area contributed by atoms with E-state index in [2.05, 4.69) is 10.6 Å². The van der Waals surface area contributed by atoms with E-state index in [4.69, 9.17) is 10.5 Å². The van der Waals surface area contributed by atoms with Crippen LogP contribution in [0, 0.1) is 5.92 Å². The summed E-state index contributed by atoms with van der Waals surface area (Å²) in [6.45, 7) is 3.92. The number of aryl methyl sites for hydroxylation is 1. The van der Waals surface area contributed by atoms with Crippen LogP contribution >= 0.6 is 0 Å². The molecule has 178 valence electrons. The number of rotatable bonds is 12. The monoisotopic (exact) mass is 453 g/mol. The lowest BCUT2D eigenvalue weighted by atomic mass is 10.00. The van der Waals surface area contributed by atoms with Crippen LogP contribution in [0.5, 0.6) is 0 Å². The molecule has 3 atom stereocenters. The van der Waals surface area contributed by atoms with Crippen LogP contribution in [0.15, 0.2) is 60.7 Å². The van der Waals surface area contributed by atoms with E-state index in [1.54, 1.807) is 0 Å². The van der Waals surface area contributed by atoms with E-state index in [0.29, 0.717) is 19.3 Å². The number of ether oxygens (including phenoxy) is 1. The number of nitrogens with two attached hydrogens (primary N) is 1. The van der Waals surface area contributed by atoms with Crippen LogP contribution in [-0.2, 0) is 32.0 Å². The van der Waals surface area contributed by atoms with Gasteiger partial charge in [0.15, 0.2) is 0 Å².